The summed E-state index contributed by atoms with van der Waals surface area (Å²) in [6, 6.07) is 5.64. The first-order chi connectivity index (χ1) is 11.9. The lowest BCUT2D eigenvalue weighted by atomic mass is 9.64. The molecule has 0 amide bonds. The first-order valence-electron chi connectivity index (χ1n) is 8.91. The Labute approximate surface area is 148 Å². The van der Waals surface area contributed by atoms with E-state index in [0.717, 1.165) is 31.5 Å². The van der Waals surface area contributed by atoms with Gasteiger partial charge in [0.15, 0.2) is 5.78 Å². The number of nitrogens with two attached hydrogens (primary N) is 1. The Kier molecular flexibility index (Phi) is 5.56. The molecule has 3 N–H and O–H groups in total. The van der Waals surface area contributed by atoms with Gasteiger partial charge in [-0.05, 0) is 37.8 Å². The summed E-state index contributed by atoms with van der Waals surface area (Å²) in [6.45, 7) is 3.57. The van der Waals surface area contributed by atoms with Gasteiger partial charge in [-0.25, -0.2) is 0 Å². The standard InChI is InChI=1S/C18H25BN2O4/c1-12(22)17-4-2-3-13-9-14(19(24)25-18(13)17)10-16(23)11-21-7-5-15(20)6-8-21/h2-4,14-15,24H,5-11,20H2,1H3/t14-/m1/s1. The molecule has 25 heavy (non-hydrogen) atoms. The summed E-state index contributed by atoms with van der Waals surface area (Å²) in [6.07, 6.45) is 2.65. The van der Waals surface area contributed by atoms with Gasteiger partial charge in [-0.3, -0.25) is 14.5 Å². The number of para-hydroxylation sites is 1. The number of Topliss-reactive ketones (excluding diaryl/α,β-unsaturated/α-hetero) is 2. The largest absolute Gasteiger partial charge is 0.535 e. The fraction of sp³-hybridized carbons (Fsp3) is 0.556. The predicted octanol–water partition coefficient (Wildman–Crippen LogP) is 1.06. The quantitative estimate of drug-likeness (QED) is 0.613. The fourth-order valence-electron chi connectivity index (χ4n) is 3.65. The average molecular weight is 344 g/mol. The van der Waals surface area contributed by atoms with Crippen molar-refractivity contribution < 1.29 is 19.3 Å². The van der Waals surface area contributed by atoms with Gasteiger partial charge in [-0.15, -0.1) is 0 Å². The molecule has 2 aliphatic rings. The summed E-state index contributed by atoms with van der Waals surface area (Å²) in [7, 11) is -1.06. The summed E-state index contributed by atoms with van der Waals surface area (Å²) in [5.74, 6) is 0.182. The number of likely N-dealkylation sites (tertiary alicyclic amines) is 1. The van der Waals surface area contributed by atoms with E-state index in [1.54, 1.807) is 6.07 Å². The molecule has 1 aromatic carbocycles. The highest BCUT2D eigenvalue weighted by Gasteiger charge is 2.37. The van der Waals surface area contributed by atoms with E-state index in [2.05, 4.69) is 4.90 Å². The molecule has 134 valence electrons. The van der Waals surface area contributed by atoms with Gasteiger partial charge in [0.1, 0.15) is 11.5 Å². The van der Waals surface area contributed by atoms with E-state index in [-0.39, 0.29) is 29.8 Å². The number of benzene rings is 1. The van der Waals surface area contributed by atoms with E-state index in [4.69, 9.17) is 10.4 Å². The van der Waals surface area contributed by atoms with Crippen LogP contribution in [0.25, 0.3) is 0 Å². The fourth-order valence-corrected chi connectivity index (χ4v) is 3.65. The van der Waals surface area contributed by atoms with Crippen LogP contribution in [-0.4, -0.2) is 54.3 Å². The first-order valence-corrected chi connectivity index (χ1v) is 8.91. The normalized spacial score (nSPS) is 21.6. The van der Waals surface area contributed by atoms with E-state index < -0.39 is 7.12 Å². The van der Waals surface area contributed by atoms with Crippen LogP contribution in [0.3, 0.4) is 0 Å². The molecule has 1 aromatic rings. The number of nitrogens with zero attached hydrogens (tertiary/aromatic N) is 1. The maximum absolute atomic E-state index is 12.4. The molecule has 2 heterocycles. The Morgan fingerprint density at radius 3 is 2.76 bits per heavy atom. The molecule has 6 nitrogen and oxygen atoms in total. The summed E-state index contributed by atoms with van der Waals surface area (Å²) in [5.41, 5.74) is 7.24. The molecule has 0 aromatic heterocycles. The lowest BCUT2D eigenvalue weighted by Crippen LogP contribution is -2.43. The van der Waals surface area contributed by atoms with Crippen LogP contribution < -0.4 is 10.4 Å². The number of piperidine rings is 1. The highest BCUT2D eigenvalue weighted by molar-refractivity contribution is 6.47. The summed E-state index contributed by atoms with van der Waals surface area (Å²) in [5, 5.41) is 10.3. The average Bonchev–Trinajstić information content (AvgIpc) is 2.57. The minimum absolute atomic E-state index is 0.0955. The highest BCUT2D eigenvalue weighted by atomic mass is 16.5. The Morgan fingerprint density at radius 2 is 2.08 bits per heavy atom. The Balaban J connectivity index is 1.61. The van der Waals surface area contributed by atoms with Crippen LogP contribution in [0.2, 0.25) is 5.82 Å². The number of carbonyl (C=O) groups is 2. The van der Waals surface area contributed by atoms with Crippen LogP contribution in [0, 0.1) is 0 Å². The van der Waals surface area contributed by atoms with E-state index >= 15 is 0 Å². The highest BCUT2D eigenvalue weighted by Crippen LogP contribution is 2.36. The molecule has 0 radical (unpaired) electrons. The van der Waals surface area contributed by atoms with Crippen molar-refractivity contribution in [3.05, 3.63) is 29.3 Å². The number of ketones is 2. The first kappa shape index (κ1) is 18.1. The minimum Gasteiger partial charge on any atom is -0.535 e. The summed E-state index contributed by atoms with van der Waals surface area (Å²) >= 11 is 0. The van der Waals surface area contributed by atoms with Gasteiger partial charge in [0.05, 0.1) is 12.1 Å². The van der Waals surface area contributed by atoms with E-state index in [9.17, 15) is 14.6 Å². The molecule has 0 spiro atoms. The third-order valence-corrected chi connectivity index (χ3v) is 5.12. The molecule has 1 atom stereocenters. The van der Waals surface area contributed by atoms with Gasteiger partial charge < -0.3 is 15.4 Å². The molecule has 1 saturated heterocycles. The summed E-state index contributed by atoms with van der Waals surface area (Å²) in [4.78, 5) is 26.2. The molecule has 0 saturated carbocycles. The van der Waals surface area contributed by atoms with Crippen molar-refractivity contribution in [2.75, 3.05) is 19.6 Å². The molecule has 3 rings (SSSR count). The zero-order valence-corrected chi connectivity index (χ0v) is 14.6. The van der Waals surface area contributed by atoms with E-state index in [0.29, 0.717) is 24.3 Å². The van der Waals surface area contributed by atoms with Crippen molar-refractivity contribution >= 4 is 18.7 Å². The smallest absolute Gasteiger partial charge is 0.526 e. The molecule has 0 bridgehead atoms. The van der Waals surface area contributed by atoms with Crippen molar-refractivity contribution in [3.63, 3.8) is 0 Å². The van der Waals surface area contributed by atoms with Crippen molar-refractivity contribution in [2.45, 2.75) is 44.5 Å². The van der Waals surface area contributed by atoms with Gasteiger partial charge in [0, 0.05) is 31.4 Å². The van der Waals surface area contributed by atoms with Crippen LogP contribution in [-0.2, 0) is 11.2 Å². The molecule has 7 heteroatoms. The predicted molar refractivity (Wildman–Crippen MR) is 95.8 cm³/mol. The minimum atomic E-state index is -1.06. The van der Waals surface area contributed by atoms with E-state index in [1.807, 2.05) is 12.1 Å². The van der Waals surface area contributed by atoms with Crippen molar-refractivity contribution in [2.24, 2.45) is 5.73 Å². The van der Waals surface area contributed by atoms with Crippen molar-refractivity contribution in [1.82, 2.24) is 4.90 Å². The lowest BCUT2D eigenvalue weighted by Gasteiger charge is -2.31. The second-order valence-electron chi connectivity index (χ2n) is 7.18. The van der Waals surface area contributed by atoms with Gasteiger partial charge in [-0.1, -0.05) is 12.1 Å². The molecule has 2 aliphatic heterocycles. The number of rotatable bonds is 5. The zero-order chi connectivity index (χ0) is 18.0. The number of carbonyl (C=O) groups excluding carboxylic acids is 2. The number of hydrogen-bond acceptors (Lipinski definition) is 6. The third kappa shape index (κ3) is 4.29. The second-order valence-corrected chi connectivity index (χ2v) is 7.18. The Bertz CT molecular complexity index is 658. The molecule has 0 unspecified atom stereocenters. The zero-order valence-electron chi connectivity index (χ0n) is 14.6. The van der Waals surface area contributed by atoms with Gasteiger partial charge >= 0.3 is 7.12 Å². The third-order valence-electron chi connectivity index (χ3n) is 5.12. The lowest BCUT2D eigenvalue weighted by molar-refractivity contribution is -0.120. The van der Waals surface area contributed by atoms with Crippen LogP contribution in [0.1, 0.15) is 42.1 Å². The van der Waals surface area contributed by atoms with Crippen LogP contribution >= 0.6 is 0 Å². The molecular formula is C18H25BN2O4. The SMILES string of the molecule is CC(=O)c1cccc2c1OB(O)[C@@H](CC(=O)CN1CCC(N)CC1)C2. The number of hydrogen-bond donors (Lipinski definition) is 2. The molecule has 1 fully saturated rings. The second kappa shape index (κ2) is 7.68. The summed E-state index contributed by atoms with van der Waals surface area (Å²) < 4.78 is 5.59. The van der Waals surface area contributed by atoms with Crippen molar-refractivity contribution in [1.29, 1.82) is 0 Å². The van der Waals surface area contributed by atoms with Gasteiger partial charge in [0.2, 0.25) is 0 Å². The molecular weight excluding hydrogens is 319 g/mol. The van der Waals surface area contributed by atoms with Gasteiger partial charge in [0.25, 0.3) is 0 Å². The Morgan fingerprint density at radius 1 is 1.36 bits per heavy atom. The maximum Gasteiger partial charge on any atom is 0.526 e. The van der Waals surface area contributed by atoms with E-state index in [1.165, 1.54) is 6.92 Å². The number of fused-ring (bicyclic) bond motifs is 1. The van der Waals surface area contributed by atoms with Crippen LogP contribution in [0.15, 0.2) is 18.2 Å². The maximum atomic E-state index is 12.4. The van der Waals surface area contributed by atoms with Gasteiger partial charge in [-0.2, -0.15) is 0 Å². The van der Waals surface area contributed by atoms with Crippen LogP contribution in [0.4, 0.5) is 0 Å². The monoisotopic (exact) mass is 344 g/mol. The van der Waals surface area contributed by atoms with Crippen molar-refractivity contribution in [3.8, 4) is 5.75 Å². The van der Waals surface area contributed by atoms with Crippen LogP contribution in [0.5, 0.6) is 5.75 Å². The Hall–Kier alpha value is -1.70. The molecule has 0 aliphatic carbocycles. The topological polar surface area (TPSA) is 92.9 Å².